The Morgan fingerprint density at radius 1 is 1.22 bits per heavy atom. The molecule has 2 aromatic rings. The molecule has 27 heavy (non-hydrogen) atoms. The third kappa shape index (κ3) is 3.78. The minimum absolute atomic E-state index is 0.108. The van der Waals surface area contributed by atoms with Crippen molar-refractivity contribution >= 4 is 22.6 Å². The summed E-state index contributed by atoms with van der Waals surface area (Å²) < 4.78 is 19.9. The van der Waals surface area contributed by atoms with Crippen LogP contribution in [0.1, 0.15) is 24.3 Å². The lowest BCUT2D eigenvalue weighted by Crippen LogP contribution is -2.52. The summed E-state index contributed by atoms with van der Waals surface area (Å²) in [5.74, 6) is 0.392. The van der Waals surface area contributed by atoms with Crippen molar-refractivity contribution in [3.05, 3.63) is 64.1 Å². The van der Waals surface area contributed by atoms with E-state index in [1.165, 1.54) is 0 Å². The number of rotatable bonds is 6. The van der Waals surface area contributed by atoms with Gasteiger partial charge in [0.25, 0.3) is 0 Å². The molecule has 2 unspecified atom stereocenters. The van der Waals surface area contributed by atoms with Crippen LogP contribution in [0, 0.1) is 0 Å². The Balaban J connectivity index is 1.64. The Labute approximate surface area is 172 Å². The van der Waals surface area contributed by atoms with E-state index < -0.39 is 0 Å². The molecule has 2 aliphatic rings. The summed E-state index contributed by atoms with van der Waals surface area (Å²) in [7, 11) is 0. The highest BCUT2D eigenvalue weighted by atomic mass is 127. The first-order valence-corrected chi connectivity index (χ1v) is 10.4. The predicted octanol–water partition coefficient (Wildman–Crippen LogP) is 2.94. The van der Waals surface area contributed by atoms with Crippen LogP contribution in [0.4, 0.5) is 0 Å². The highest BCUT2D eigenvalue weighted by molar-refractivity contribution is 14.1. The Kier molecular flexibility index (Phi) is 5.82. The van der Waals surface area contributed by atoms with Gasteiger partial charge in [-0.05, 0) is 12.5 Å². The molecule has 0 spiro atoms. The lowest BCUT2D eigenvalue weighted by Gasteiger charge is -2.44. The Morgan fingerprint density at radius 2 is 2.04 bits per heavy atom. The van der Waals surface area contributed by atoms with Crippen LogP contribution in [0.25, 0.3) is 0 Å². The maximum Gasteiger partial charge on any atom is 0.223 e. The molecule has 2 aliphatic heterocycles. The average Bonchev–Trinajstić information content (AvgIpc) is 3.07. The number of benzene rings is 1. The molecule has 1 aromatic carbocycles. The number of hydrogen-bond acceptors (Lipinski definition) is 5. The number of aromatic nitrogens is 1. The number of halogens is 1. The van der Waals surface area contributed by atoms with Crippen LogP contribution in [0.3, 0.4) is 0 Å². The highest BCUT2D eigenvalue weighted by Crippen LogP contribution is 2.39. The zero-order valence-corrected chi connectivity index (χ0v) is 17.4. The number of ether oxygens (including phenoxy) is 3. The second-order valence-electron chi connectivity index (χ2n) is 6.72. The molecule has 2 fully saturated rings. The SMILES string of the molecule is CCn1ccc(=O)c(OCc2ccccc2)c1C1OCC1N1COC[C@@H]1I. The van der Waals surface area contributed by atoms with Gasteiger partial charge in [-0.1, -0.05) is 52.9 Å². The van der Waals surface area contributed by atoms with Crippen molar-refractivity contribution in [2.24, 2.45) is 0 Å². The first kappa shape index (κ1) is 18.9. The van der Waals surface area contributed by atoms with Gasteiger partial charge in [-0.25, -0.2) is 0 Å². The predicted molar refractivity (Wildman–Crippen MR) is 110 cm³/mol. The van der Waals surface area contributed by atoms with Gasteiger partial charge in [-0.15, -0.1) is 0 Å². The summed E-state index contributed by atoms with van der Waals surface area (Å²) in [5, 5.41) is 0. The molecule has 4 rings (SSSR count). The summed E-state index contributed by atoms with van der Waals surface area (Å²) in [4.78, 5) is 14.9. The molecular weight excluding hydrogens is 459 g/mol. The van der Waals surface area contributed by atoms with Crippen molar-refractivity contribution in [2.75, 3.05) is 19.9 Å². The molecule has 1 aromatic heterocycles. The maximum absolute atomic E-state index is 12.6. The molecule has 0 radical (unpaired) electrons. The van der Waals surface area contributed by atoms with Crippen LogP contribution in [-0.4, -0.2) is 39.5 Å². The quantitative estimate of drug-likeness (QED) is 0.360. The number of nitrogens with zero attached hydrogens (tertiary/aromatic N) is 2. The van der Waals surface area contributed by atoms with E-state index in [0.29, 0.717) is 29.7 Å². The topological polar surface area (TPSA) is 52.9 Å². The van der Waals surface area contributed by atoms with Gasteiger partial charge in [0.1, 0.15) is 19.4 Å². The van der Waals surface area contributed by atoms with Crippen LogP contribution >= 0.6 is 22.6 Å². The average molecular weight is 482 g/mol. The summed E-state index contributed by atoms with van der Waals surface area (Å²) in [6, 6.07) is 11.6. The second-order valence-corrected chi connectivity index (χ2v) is 8.16. The van der Waals surface area contributed by atoms with E-state index >= 15 is 0 Å². The third-order valence-electron chi connectivity index (χ3n) is 5.09. The Morgan fingerprint density at radius 3 is 2.67 bits per heavy atom. The molecule has 0 bridgehead atoms. The first-order valence-electron chi connectivity index (χ1n) is 9.18. The smallest absolute Gasteiger partial charge is 0.223 e. The maximum atomic E-state index is 12.6. The van der Waals surface area contributed by atoms with Crippen molar-refractivity contribution in [1.82, 2.24) is 9.47 Å². The van der Waals surface area contributed by atoms with Crippen molar-refractivity contribution in [3.8, 4) is 5.75 Å². The van der Waals surface area contributed by atoms with Gasteiger partial charge < -0.3 is 18.8 Å². The van der Waals surface area contributed by atoms with Crippen LogP contribution in [-0.2, 0) is 22.6 Å². The number of hydrogen-bond donors (Lipinski definition) is 0. The minimum Gasteiger partial charge on any atom is -0.483 e. The monoisotopic (exact) mass is 482 g/mol. The zero-order valence-electron chi connectivity index (χ0n) is 15.2. The van der Waals surface area contributed by atoms with Crippen LogP contribution in [0.5, 0.6) is 5.75 Å². The van der Waals surface area contributed by atoms with Gasteiger partial charge in [0.2, 0.25) is 5.43 Å². The van der Waals surface area contributed by atoms with E-state index in [9.17, 15) is 4.79 Å². The van der Waals surface area contributed by atoms with Gasteiger partial charge in [0.05, 0.1) is 29.0 Å². The molecule has 0 aliphatic carbocycles. The van der Waals surface area contributed by atoms with Gasteiger partial charge >= 0.3 is 0 Å². The highest BCUT2D eigenvalue weighted by Gasteiger charge is 2.45. The number of pyridine rings is 1. The molecule has 7 heteroatoms. The summed E-state index contributed by atoms with van der Waals surface area (Å²) in [6.45, 7) is 5.11. The van der Waals surface area contributed by atoms with Crippen molar-refractivity contribution in [2.45, 2.75) is 36.3 Å². The largest absolute Gasteiger partial charge is 0.483 e. The van der Waals surface area contributed by atoms with Gasteiger partial charge in [-0.3, -0.25) is 9.69 Å². The van der Waals surface area contributed by atoms with E-state index in [-0.39, 0.29) is 17.6 Å². The molecule has 144 valence electrons. The standard InChI is InChI=1S/C20H23IN2O4/c1-2-22-9-8-16(24)20(26-10-14-6-4-3-5-7-14)18(22)19-15(11-27-19)23-13-25-12-17(23)21/h3-9,15,17,19H,2,10-13H2,1H3/t15?,17-,19?/m1/s1. The summed E-state index contributed by atoms with van der Waals surface area (Å²) >= 11 is 2.40. The second kappa shape index (κ2) is 8.30. The number of alkyl halides is 1. The summed E-state index contributed by atoms with van der Waals surface area (Å²) in [5.41, 5.74) is 1.75. The third-order valence-corrected chi connectivity index (χ3v) is 6.16. The zero-order chi connectivity index (χ0) is 18.8. The number of aryl methyl sites for hydroxylation is 1. The van der Waals surface area contributed by atoms with Crippen LogP contribution in [0.2, 0.25) is 0 Å². The van der Waals surface area contributed by atoms with E-state index in [1.54, 1.807) is 6.07 Å². The van der Waals surface area contributed by atoms with E-state index in [1.807, 2.05) is 36.5 Å². The minimum atomic E-state index is -0.191. The molecule has 0 saturated carbocycles. The normalized spacial score (nSPS) is 25.3. The van der Waals surface area contributed by atoms with E-state index in [4.69, 9.17) is 14.2 Å². The molecule has 0 N–H and O–H groups in total. The molecule has 3 atom stereocenters. The van der Waals surface area contributed by atoms with Crippen molar-refractivity contribution in [1.29, 1.82) is 0 Å². The molecule has 2 saturated heterocycles. The lowest BCUT2D eigenvalue weighted by molar-refractivity contribution is -0.144. The Hall–Kier alpha value is -1.42. The van der Waals surface area contributed by atoms with Gasteiger partial charge in [0.15, 0.2) is 5.75 Å². The Bertz CT molecular complexity index is 842. The van der Waals surface area contributed by atoms with Gasteiger partial charge in [-0.2, -0.15) is 0 Å². The van der Waals surface area contributed by atoms with Crippen LogP contribution in [0.15, 0.2) is 47.4 Å². The first-order chi connectivity index (χ1) is 13.2. The van der Waals surface area contributed by atoms with E-state index in [0.717, 1.165) is 24.4 Å². The molecule has 3 heterocycles. The van der Waals surface area contributed by atoms with E-state index in [2.05, 4.69) is 39.0 Å². The van der Waals surface area contributed by atoms with Gasteiger partial charge in [0, 0.05) is 18.8 Å². The lowest BCUT2D eigenvalue weighted by atomic mass is 10.00. The summed E-state index contributed by atoms with van der Waals surface area (Å²) in [6.07, 6.45) is 1.64. The van der Waals surface area contributed by atoms with Crippen LogP contribution < -0.4 is 10.2 Å². The molecular formula is C20H23IN2O4. The molecule has 6 nitrogen and oxygen atoms in total. The van der Waals surface area contributed by atoms with Crippen molar-refractivity contribution in [3.63, 3.8) is 0 Å². The van der Waals surface area contributed by atoms with Crippen molar-refractivity contribution < 1.29 is 14.2 Å². The fourth-order valence-corrected chi connectivity index (χ4v) is 4.39. The fourth-order valence-electron chi connectivity index (χ4n) is 3.56. The fraction of sp³-hybridized carbons (Fsp3) is 0.450. The molecule has 0 amide bonds.